The van der Waals surface area contributed by atoms with Crippen LogP contribution in [0.5, 0.6) is 0 Å². The Morgan fingerprint density at radius 1 is 1.03 bits per heavy atom. The Hall–Kier alpha value is -3.57. The minimum absolute atomic E-state index is 0.0202. The standard InChI is InChI=1S/C23H15ClO5/c1-13-2-4-14(5-3-13)21-12-16(23(27)29-21)10-17-7-9-20(28-17)15-6-8-18(22(25)26)19(24)11-15/h2-12H,1H3,(H,25,26)/b16-10-. The monoisotopic (exact) mass is 406 g/mol. The van der Waals surface area contributed by atoms with Gasteiger partial charge in [-0.15, -0.1) is 0 Å². The molecule has 0 unspecified atom stereocenters. The maximum atomic E-state index is 12.2. The minimum Gasteiger partial charge on any atom is -0.478 e. The molecular formula is C23H15ClO5. The van der Waals surface area contributed by atoms with Crippen LogP contribution in [-0.4, -0.2) is 17.0 Å². The molecule has 6 heteroatoms. The molecule has 144 valence electrons. The molecule has 0 aliphatic carbocycles. The zero-order valence-electron chi connectivity index (χ0n) is 15.3. The van der Waals surface area contributed by atoms with Gasteiger partial charge in [0.15, 0.2) is 0 Å². The predicted molar refractivity (Wildman–Crippen MR) is 109 cm³/mol. The lowest BCUT2D eigenvalue weighted by Gasteiger charge is -2.01. The molecule has 1 N–H and O–H groups in total. The summed E-state index contributed by atoms with van der Waals surface area (Å²) in [4.78, 5) is 23.3. The first-order valence-corrected chi connectivity index (χ1v) is 9.14. The van der Waals surface area contributed by atoms with E-state index in [2.05, 4.69) is 0 Å². The highest BCUT2D eigenvalue weighted by molar-refractivity contribution is 6.33. The van der Waals surface area contributed by atoms with Crippen molar-refractivity contribution in [3.05, 3.63) is 93.7 Å². The number of carboxylic acid groups (broad SMARTS) is 1. The van der Waals surface area contributed by atoms with E-state index >= 15 is 0 Å². The summed E-state index contributed by atoms with van der Waals surface area (Å²) >= 11 is 6.02. The van der Waals surface area contributed by atoms with Crippen molar-refractivity contribution < 1.29 is 23.8 Å². The smallest absolute Gasteiger partial charge is 0.343 e. The first-order chi connectivity index (χ1) is 13.9. The van der Waals surface area contributed by atoms with Crippen molar-refractivity contribution in [2.24, 2.45) is 0 Å². The molecule has 0 saturated carbocycles. The molecule has 0 radical (unpaired) electrons. The Bertz CT molecular complexity index is 1180. The number of furan rings is 1. The van der Waals surface area contributed by atoms with Crippen LogP contribution in [0.15, 0.2) is 70.7 Å². The van der Waals surface area contributed by atoms with E-state index in [0.29, 0.717) is 28.4 Å². The van der Waals surface area contributed by atoms with Gasteiger partial charge >= 0.3 is 11.9 Å². The van der Waals surface area contributed by atoms with Crippen molar-refractivity contribution in [1.29, 1.82) is 0 Å². The minimum atomic E-state index is -1.10. The van der Waals surface area contributed by atoms with Crippen LogP contribution < -0.4 is 0 Å². The third-order valence-electron chi connectivity index (χ3n) is 4.47. The highest BCUT2D eigenvalue weighted by atomic mass is 35.5. The number of carbonyl (C=O) groups excluding carboxylic acids is 1. The molecule has 1 aliphatic rings. The largest absolute Gasteiger partial charge is 0.478 e. The van der Waals surface area contributed by atoms with Crippen LogP contribution >= 0.6 is 11.6 Å². The summed E-state index contributed by atoms with van der Waals surface area (Å²) in [6.45, 7) is 1.99. The van der Waals surface area contributed by atoms with E-state index in [4.69, 9.17) is 25.9 Å². The van der Waals surface area contributed by atoms with Gasteiger partial charge in [0.2, 0.25) is 0 Å². The van der Waals surface area contributed by atoms with Crippen LogP contribution in [0.25, 0.3) is 23.2 Å². The topological polar surface area (TPSA) is 76.7 Å². The third-order valence-corrected chi connectivity index (χ3v) is 4.78. The third kappa shape index (κ3) is 3.86. The second-order valence-corrected chi connectivity index (χ2v) is 6.97. The van der Waals surface area contributed by atoms with Gasteiger partial charge < -0.3 is 14.3 Å². The number of halogens is 1. The fourth-order valence-electron chi connectivity index (χ4n) is 2.93. The average molecular weight is 407 g/mol. The number of carboxylic acids is 1. The molecule has 0 amide bonds. The van der Waals surface area contributed by atoms with Gasteiger partial charge in [-0.2, -0.15) is 0 Å². The van der Waals surface area contributed by atoms with Gasteiger partial charge in [-0.25, -0.2) is 9.59 Å². The molecule has 0 bridgehead atoms. The van der Waals surface area contributed by atoms with E-state index in [1.807, 2.05) is 31.2 Å². The molecular weight excluding hydrogens is 392 g/mol. The van der Waals surface area contributed by atoms with Crippen LogP contribution in [0.2, 0.25) is 5.02 Å². The van der Waals surface area contributed by atoms with E-state index in [9.17, 15) is 9.59 Å². The Balaban J connectivity index is 1.60. The molecule has 0 spiro atoms. The predicted octanol–water partition coefficient (Wildman–Crippen LogP) is 5.59. The van der Waals surface area contributed by atoms with Gasteiger partial charge in [0.05, 0.1) is 16.2 Å². The Morgan fingerprint density at radius 3 is 2.45 bits per heavy atom. The number of esters is 1. The molecule has 1 aliphatic heterocycles. The van der Waals surface area contributed by atoms with E-state index < -0.39 is 11.9 Å². The fraction of sp³-hybridized carbons (Fsp3) is 0.0435. The van der Waals surface area contributed by atoms with E-state index in [0.717, 1.165) is 11.1 Å². The normalized spacial score (nSPS) is 14.8. The summed E-state index contributed by atoms with van der Waals surface area (Å²) in [6, 6.07) is 15.7. The van der Waals surface area contributed by atoms with E-state index in [-0.39, 0.29) is 10.6 Å². The van der Waals surface area contributed by atoms with Crippen molar-refractivity contribution in [3.8, 4) is 11.3 Å². The molecule has 2 heterocycles. The van der Waals surface area contributed by atoms with Crippen LogP contribution in [0, 0.1) is 6.92 Å². The second kappa shape index (κ2) is 7.45. The van der Waals surface area contributed by atoms with Gasteiger partial charge in [-0.3, -0.25) is 0 Å². The number of cyclic esters (lactones) is 1. The van der Waals surface area contributed by atoms with Gasteiger partial charge in [-0.1, -0.05) is 47.5 Å². The van der Waals surface area contributed by atoms with Crippen molar-refractivity contribution in [2.75, 3.05) is 0 Å². The summed E-state index contributed by atoms with van der Waals surface area (Å²) in [5, 5.41) is 9.19. The number of hydrogen-bond donors (Lipinski definition) is 1. The number of ether oxygens (including phenoxy) is 1. The van der Waals surface area contributed by atoms with Crippen molar-refractivity contribution in [1.82, 2.24) is 0 Å². The molecule has 29 heavy (non-hydrogen) atoms. The first kappa shape index (κ1) is 18.8. The van der Waals surface area contributed by atoms with Gasteiger partial charge in [0, 0.05) is 11.1 Å². The lowest BCUT2D eigenvalue weighted by Crippen LogP contribution is -1.97. The number of aryl methyl sites for hydroxylation is 1. The van der Waals surface area contributed by atoms with Crippen molar-refractivity contribution in [2.45, 2.75) is 6.92 Å². The van der Waals surface area contributed by atoms with Crippen molar-refractivity contribution in [3.63, 3.8) is 0 Å². The Morgan fingerprint density at radius 2 is 1.76 bits per heavy atom. The molecule has 0 saturated heterocycles. The van der Waals surface area contributed by atoms with Crippen LogP contribution in [0.3, 0.4) is 0 Å². The molecule has 1 aromatic heterocycles. The lowest BCUT2D eigenvalue weighted by molar-refractivity contribution is -0.130. The summed E-state index contributed by atoms with van der Waals surface area (Å²) < 4.78 is 11.1. The summed E-state index contributed by atoms with van der Waals surface area (Å²) in [5.74, 6) is -0.0876. The van der Waals surface area contributed by atoms with Gasteiger partial charge in [-0.05, 0) is 43.3 Å². The second-order valence-electron chi connectivity index (χ2n) is 6.57. The van der Waals surface area contributed by atoms with Crippen LogP contribution in [0.1, 0.15) is 27.2 Å². The summed E-state index contributed by atoms with van der Waals surface area (Å²) in [6.07, 6.45) is 3.27. The first-order valence-electron chi connectivity index (χ1n) is 8.76. The van der Waals surface area contributed by atoms with Gasteiger partial charge in [0.25, 0.3) is 0 Å². The molecule has 0 fully saturated rings. The number of rotatable bonds is 4. The molecule has 4 rings (SSSR count). The van der Waals surface area contributed by atoms with E-state index in [1.54, 1.807) is 30.4 Å². The number of hydrogen-bond acceptors (Lipinski definition) is 4. The Kier molecular flexibility index (Phi) is 4.82. The summed E-state index contributed by atoms with van der Waals surface area (Å²) in [7, 11) is 0. The van der Waals surface area contributed by atoms with Crippen molar-refractivity contribution >= 4 is 35.4 Å². The Labute approximate surface area is 171 Å². The summed E-state index contributed by atoms with van der Waals surface area (Å²) in [5.41, 5.74) is 2.97. The maximum Gasteiger partial charge on any atom is 0.343 e. The SMILES string of the molecule is Cc1ccc(C2=C/C(=C/c3ccc(-c4ccc(C(=O)O)c(Cl)c4)o3)C(=O)O2)cc1. The van der Waals surface area contributed by atoms with E-state index in [1.165, 1.54) is 12.1 Å². The zero-order chi connectivity index (χ0) is 20.5. The average Bonchev–Trinajstić information content (AvgIpc) is 3.29. The lowest BCUT2D eigenvalue weighted by atomic mass is 10.1. The molecule has 2 aromatic carbocycles. The molecule has 5 nitrogen and oxygen atoms in total. The number of benzene rings is 2. The molecule has 3 aromatic rings. The van der Waals surface area contributed by atoms with Crippen LogP contribution in [-0.2, 0) is 9.53 Å². The maximum absolute atomic E-state index is 12.2. The number of aromatic carboxylic acids is 1. The molecule has 0 atom stereocenters. The van der Waals surface area contributed by atoms with Crippen LogP contribution in [0.4, 0.5) is 0 Å². The quantitative estimate of drug-likeness (QED) is 0.451. The zero-order valence-corrected chi connectivity index (χ0v) is 16.1. The fourth-order valence-corrected chi connectivity index (χ4v) is 3.19. The highest BCUT2D eigenvalue weighted by Gasteiger charge is 2.22. The highest BCUT2D eigenvalue weighted by Crippen LogP contribution is 2.30. The van der Waals surface area contributed by atoms with Gasteiger partial charge in [0.1, 0.15) is 17.3 Å². The number of carbonyl (C=O) groups is 2.